The van der Waals surface area contributed by atoms with Crippen molar-refractivity contribution in [3.8, 4) is 0 Å². The van der Waals surface area contributed by atoms with Gasteiger partial charge in [-0.05, 0) is 47.8 Å². The van der Waals surface area contributed by atoms with Crippen LogP contribution in [0.3, 0.4) is 0 Å². The second-order valence-corrected chi connectivity index (χ2v) is 9.83. The Morgan fingerprint density at radius 2 is 1.62 bits per heavy atom. The first-order valence-electron chi connectivity index (χ1n) is 10.3. The van der Waals surface area contributed by atoms with Gasteiger partial charge in [-0.3, -0.25) is 4.79 Å². The Morgan fingerprint density at radius 3 is 2.14 bits per heavy atom. The molecule has 2 aliphatic rings. The summed E-state index contributed by atoms with van der Waals surface area (Å²) in [5.41, 5.74) is 0.900. The van der Waals surface area contributed by atoms with Crippen LogP contribution < -0.4 is 4.90 Å². The molecule has 1 N–H and O–H groups in total. The van der Waals surface area contributed by atoms with E-state index < -0.39 is 12.3 Å². The van der Waals surface area contributed by atoms with E-state index in [1.165, 1.54) is 12.1 Å². The number of carbonyl (C=O) groups is 1. The molecule has 0 aliphatic carbocycles. The van der Waals surface area contributed by atoms with Gasteiger partial charge in [0.1, 0.15) is 0 Å². The summed E-state index contributed by atoms with van der Waals surface area (Å²) in [6, 6.07) is 6.02. The number of benzene rings is 1. The van der Waals surface area contributed by atoms with Gasteiger partial charge in [-0.2, -0.15) is 13.2 Å². The molecule has 3 rings (SSSR count). The Bertz CT molecular complexity index is 717. The third-order valence-corrected chi connectivity index (χ3v) is 6.18. The van der Waals surface area contributed by atoms with E-state index in [0.717, 1.165) is 51.1 Å². The Hall–Kier alpha value is -1.76. The van der Waals surface area contributed by atoms with Crippen molar-refractivity contribution >= 4 is 11.6 Å². The van der Waals surface area contributed by atoms with Crippen molar-refractivity contribution in [2.24, 2.45) is 10.8 Å². The molecule has 0 aromatic heterocycles. The Balaban J connectivity index is 1.57. The number of rotatable bonds is 3. The first-order chi connectivity index (χ1) is 13.4. The van der Waals surface area contributed by atoms with Gasteiger partial charge in [0.25, 0.3) is 0 Å². The van der Waals surface area contributed by atoms with Crippen LogP contribution in [0.5, 0.6) is 0 Å². The molecule has 0 bridgehead atoms. The lowest BCUT2D eigenvalue weighted by Crippen LogP contribution is -2.45. The van der Waals surface area contributed by atoms with Crippen LogP contribution in [0.1, 0.15) is 58.1 Å². The fraction of sp³-hybridized carbons (Fsp3) is 0.682. The molecule has 1 unspecified atom stereocenters. The number of likely N-dealkylation sites (tertiary alicyclic amines) is 1. The van der Waals surface area contributed by atoms with Crippen LogP contribution in [0, 0.1) is 10.8 Å². The third-order valence-electron chi connectivity index (χ3n) is 6.18. The molecular weight excluding hydrogens is 381 g/mol. The minimum atomic E-state index is -4.66. The molecule has 2 aliphatic heterocycles. The molecule has 4 nitrogen and oxygen atoms in total. The summed E-state index contributed by atoms with van der Waals surface area (Å²) < 4.78 is 38.0. The highest BCUT2D eigenvalue weighted by atomic mass is 19.4. The summed E-state index contributed by atoms with van der Waals surface area (Å²) in [6.45, 7) is 9.49. The van der Waals surface area contributed by atoms with Crippen LogP contribution in [0.4, 0.5) is 18.9 Å². The van der Waals surface area contributed by atoms with E-state index in [-0.39, 0.29) is 22.3 Å². The number of alkyl halides is 3. The largest absolute Gasteiger partial charge is 0.418 e. The Labute approximate surface area is 170 Å². The van der Waals surface area contributed by atoms with E-state index in [2.05, 4.69) is 25.7 Å². The standard InChI is InChI=1S/C22H31F3N2O2/c1-20(2,3)14-18(28)26-11-8-21(9-12-26)10-13-27(15-21)17-6-4-16(5-7-17)19(29)22(23,24)25/h4-7,19,29H,8-15H2,1-3H3. The van der Waals surface area contributed by atoms with Crippen molar-refractivity contribution in [3.05, 3.63) is 29.8 Å². The summed E-state index contributed by atoms with van der Waals surface area (Å²) in [4.78, 5) is 16.7. The van der Waals surface area contributed by atoms with E-state index >= 15 is 0 Å². The highest BCUT2D eigenvalue weighted by Crippen LogP contribution is 2.42. The predicted octanol–water partition coefficient (Wildman–Crippen LogP) is 4.54. The number of carbonyl (C=O) groups excluding carboxylic acids is 1. The molecule has 2 saturated heterocycles. The lowest BCUT2D eigenvalue weighted by Gasteiger charge is -2.40. The van der Waals surface area contributed by atoms with Gasteiger partial charge >= 0.3 is 6.18 Å². The molecular formula is C22H31F3N2O2. The van der Waals surface area contributed by atoms with Gasteiger partial charge in [0, 0.05) is 38.3 Å². The number of hydrogen-bond donors (Lipinski definition) is 1. The molecule has 1 aromatic rings. The molecule has 0 saturated carbocycles. The topological polar surface area (TPSA) is 43.8 Å². The smallest absolute Gasteiger partial charge is 0.379 e. The molecule has 2 fully saturated rings. The van der Waals surface area contributed by atoms with Crippen LogP contribution in [-0.4, -0.2) is 48.3 Å². The van der Waals surface area contributed by atoms with Gasteiger partial charge in [-0.15, -0.1) is 0 Å². The van der Waals surface area contributed by atoms with E-state index in [0.29, 0.717) is 6.42 Å². The van der Waals surface area contributed by atoms with Crippen LogP contribution in [-0.2, 0) is 4.79 Å². The summed E-state index contributed by atoms with van der Waals surface area (Å²) in [7, 11) is 0. The molecule has 7 heteroatoms. The van der Waals surface area contributed by atoms with Gasteiger partial charge in [-0.1, -0.05) is 32.9 Å². The maximum absolute atomic E-state index is 12.7. The SMILES string of the molecule is CC(C)(C)CC(=O)N1CCC2(CC1)CCN(c1ccc(C(O)C(F)(F)F)cc1)C2. The van der Waals surface area contributed by atoms with Gasteiger partial charge in [0.15, 0.2) is 6.10 Å². The molecule has 2 heterocycles. The van der Waals surface area contributed by atoms with Crippen molar-refractivity contribution in [1.82, 2.24) is 4.90 Å². The monoisotopic (exact) mass is 412 g/mol. The zero-order valence-corrected chi connectivity index (χ0v) is 17.4. The molecule has 0 radical (unpaired) electrons. The average Bonchev–Trinajstić information content (AvgIpc) is 3.03. The van der Waals surface area contributed by atoms with E-state index in [1.54, 1.807) is 12.1 Å². The molecule has 29 heavy (non-hydrogen) atoms. The molecule has 162 valence electrons. The van der Waals surface area contributed by atoms with Crippen LogP contribution in [0.25, 0.3) is 0 Å². The number of anilines is 1. The second-order valence-electron chi connectivity index (χ2n) is 9.83. The maximum Gasteiger partial charge on any atom is 0.418 e. The van der Waals surface area contributed by atoms with Crippen molar-refractivity contribution in [2.75, 3.05) is 31.1 Å². The number of hydrogen-bond acceptors (Lipinski definition) is 3. The second kappa shape index (κ2) is 7.82. The Morgan fingerprint density at radius 1 is 1.07 bits per heavy atom. The third kappa shape index (κ3) is 5.24. The molecule has 1 amide bonds. The van der Waals surface area contributed by atoms with Gasteiger partial charge in [-0.25, -0.2) is 0 Å². The quantitative estimate of drug-likeness (QED) is 0.793. The van der Waals surface area contributed by atoms with Crippen molar-refractivity contribution in [2.45, 2.75) is 58.7 Å². The predicted molar refractivity (Wildman–Crippen MR) is 107 cm³/mol. The first-order valence-corrected chi connectivity index (χ1v) is 10.3. The lowest BCUT2D eigenvalue weighted by molar-refractivity contribution is -0.206. The summed E-state index contributed by atoms with van der Waals surface area (Å²) in [5, 5.41) is 9.38. The first kappa shape index (κ1) is 21.9. The van der Waals surface area contributed by atoms with E-state index in [9.17, 15) is 23.1 Å². The highest BCUT2D eigenvalue weighted by Gasteiger charge is 2.42. The number of amides is 1. The average molecular weight is 412 g/mol. The summed E-state index contributed by atoms with van der Waals surface area (Å²) >= 11 is 0. The number of halogens is 3. The Kier molecular flexibility index (Phi) is 5.91. The molecule has 1 aromatic carbocycles. The van der Waals surface area contributed by atoms with Crippen LogP contribution in [0.15, 0.2) is 24.3 Å². The van der Waals surface area contributed by atoms with Crippen LogP contribution >= 0.6 is 0 Å². The summed E-state index contributed by atoms with van der Waals surface area (Å²) in [5.74, 6) is 0.223. The number of piperidine rings is 1. The lowest BCUT2D eigenvalue weighted by atomic mass is 9.77. The highest BCUT2D eigenvalue weighted by molar-refractivity contribution is 5.77. The summed E-state index contributed by atoms with van der Waals surface area (Å²) in [6.07, 6.45) is -3.59. The molecule has 1 atom stereocenters. The zero-order valence-electron chi connectivity index (χ0n) is 17.4. The maximum atomic E-state index is 12.7. The van der Waals surface area contributed by atoms with E-state index in [1.807, 2.05) is 4.90 Å². The number of aliphatic hydroxyl groups excluding tert-OH is 1. The number of nitrogens with zero attached hydrogens (tertiary/aromatic N) is 2. The number of aliphatic hydroxyl groups is 1. The van der Waals surface area contributed by atoms with Gasteiger partial charge < -0.3 is 14.9 Å². The van der Waals surface area contributed by atoms with Crippen molar-refractivity contribution in [1.29, 1.82) is 0 Å². The van der Waals surface area contributed by atoms with Crippen LogP contribution in [0.2, 0.25) is 0 Å². The minimum absolute atomic E-state index is 0.0117. The van der Waals surface area contributed by atoms with Crippen molar-refractivity contribution < 1.29 is 23.1 Å². The normalized spacial score (nSPS) is 20.9. The fourth-order valence-electron chi connectivity index (χ4n) is 4.42. The van der Waals surface area contributed by atoms with Gasteiger partial charge in [0.2, 0.25) is 5.91 Å². The fourth-order valence-corrected chi connectivity index (χ4v) is 4.42. The minimum Gasteiger partial charge on any atom is -0.379 e. The van der Waals surface area contributed by atoms with Gasteiger partial charge in [0.05, 0.1) is 0 Å². The van der Waals surface area contributed by atoms with E-state index in [4.69, 9.17) is 0 Å². The molecule has 1 spiro atoms. The van der Waals surface area contributed by atoms with Crippen molar-refractivity contribution in [3.63, 3.8) is 0 Å². The zero-order chi connectivity index (χ0) is 21.4.